The Balaban J connectivity index is 1.33. The Morgan fingerprint density at radius 3 is 2.61 bits per heavy atom. The van der Waals surface area contributed by atoms with E-state index in [-0.39, 0.29) is 6.03 Å². The molecule has 0 saturated carbocycles. The van der Waals surface area contributed by atoms with Crippen LogP contribution in [0.4, 0.5) is 15.6 Å². The molecule has 0 unspecified atom stereocenters. The SMILES string of the molecule is Cc1ccc(Cc2nsc(N3CCCN(C(=O)Nc4ccc(C#N)cc4)CC3)n2)cc1. The van der Waals surface area contributed by atoms with Crippen molar-refractivity contribution in [1.29, 1.82) is 5.26 Å². The van der Waals surface area contributed by atoms with Crippen LogP contribution in [0, 0.1) is 18.3 Å². The number of urea groups is 1. The normalized spacial score (nSPS) is 14.1. The number of carbonyl (C=O) groups is 1. The molecule has 8 heteroatoms. The molecule has 0 atom stereocenters. The molecule has 7 nitrogen and oxygen atoms in total. The zero-order chi connectivity index (χ0) is 21.6. The third-order valence-electron chi connectivity index (χ3n) is 5.26. The number of nitrogens with zero attached hydrogens (tertiary/aromatic N) is 5. The summed E-state index contributed by atoms with van der Waals surface area (Å²) in [5.74, 6) is 0.837. The lowest BCUT2D eigenvalue weighted by molar-refractivity contribution is 0.215. The van der Waals surface area contributed by atoms with Gasteiger partial charge in [0, 0.05) is 49.8 Å². The van der Waals surface area contributed by atoms with Gasteiger partial charge in [0.25, 0.3) is 0 Å². The molecule has 2 aromatic carbocycles. The lowest BCUT2D eigenvalue weighted by Gasteiger charge is -2.22. The number of benzene rings is 2. The van der Waals surface area contributed by atoms with Gasteiger partial charge in [-0.3, -0.25) is 0 Å². The van der Waals surface area contributed by atoms with Crippen LogP contribution in [0.2, 0.25) is 0 Å². The van der Waals surface area contributed by atoms with Crippen LogP contribution in [0.1, 0.15) is 28.9 Å². The minimum Gasteiger partial charge on any atom is -0.345 e. The fraction of sp³-hybridized carbons (Fsp3) is 0.304. The standard InChI is InChI=1S/C23H24N6OS/c1-17-3-5-18(6-4-17)15-21-26-23(31-27-21)29-12-2-11-28(13-14-29)22(30)25-20-9-7-19(16-24)8-10-20/h3-10H,2,11-15H2,1H3,(H,25,30). The van der Waals surface area contributed by atoms with Gasteiger partial charge in [0.15, 0.2) is 0 Å². The summed E-state index contributed by atoms with van der Waals surface area (Å²) in [6, 6.07) is 17.3. The first kappa shape index (κ1) is 20.8. The summed E-state index contributed by atoms with van der Waals surface area (Å²) in [6.07, 6.45) is 1.59. The molecule has 158 valence electrons. The minimum absolute atomic E-state index is 0.121. The highest BCUT2D eigenvalue weighted by atomic mass is 32.1. The number of anilines is 2. The van der Waals surface area contributed by atoms with Crippen LogP contribution in [0.25, 0.3) is 0 Å². The van der Waals surface area contributed by atoms with Crippen molar-refractivity contribution in [3.05, 3.63) is 71.0 Å². The van der Waals surface area contributed by atoms with Crippen LogP contribution < -0.4 is 10.2 Å². The number of carbonyl (C=O) groups excluding carboxylic acids is 1. The summed E-state index contributed by atoms with van der Waals surface area (Å²) in [4.78, 5) is 21.4. The highest BCUT2D eigenvalue weighted by Gasteiger charge is 2.21. The Bertz CT molecular complexity index is 1070. The van der Waals surface area contributed by atoms with Crippen molar-refractivity contribution >= 4 is 28.4 Å². The van der Waals surface area contributed by atoms with Gasteiger partial charge in [0.05, 0.1) is 11.6 Å². The van der Waals surface area contributed by atoms with Crippen molar-refractivity contribution < 1.29 is 4.79 Å². The molecule has 2 amide bonds. The topological polar surface area (TPSA) is 85.2 Å². The Labute approximate surface area is 186 Å². The molecule has 4 rings (SSSR count). The van der Waals surface area contributed by atoms with Crippen molar-refractivity contribution in [2.75, 3.05) is 36.4 Å². The summed E-state index contributed by atoms with van der Waals surface area (Å²) in [6.45, 7) is 4.96. The van der Waals surface area contributed by atoms with Gasteiger partial charge in [0.1, 0.15) is 5.82 Å². The molecule has 0 spiro atoms. The summed E-state index contributed by atoms with van der Waals surface area (Å²) in [5.41, 5.74) is 3.71. The second kappa shape index (κ2) is 9.58. The molecule has 1 aliphatic rings. The quantitative estimate of drug-likeness (QED) is 0.672. The maximum Gasteiger partial charge on any atom is 0.321 e. The van der Waals surface area contributed by atoms with Gasteiger partial charge < -0.3 is 15.1 Å². The molecular formula is C23H24N6OS. The van der Waals surface area contributed by atoms with Crippen LogP contribution in [0.3, 0.4) is 0 Å². The maximum atomic E-state index is 12.7. The predicted molar refractivity (Wildman–Crippen MR) is 122 cm³/mol. The molecule has 1 fully saturated rings. The molecule has 1 aliphatic heterocycles. The van der Waals surface area contributed by atoms with Gasteiger partial charge in [-0.2, -0.15) is 9.64 Å². The van der Waals surface area contributed by atoms with Crippen molar-refractivity contribution in [2.24, 2.45) is 0 Å². The van der Waals surface area contributed by atoms with Crippen LogP contribution in [0.5, 0.6) is 0 Å². The maximum absolute atomic E-state index is 12.7. The van der Waals surface area contributed by atoms with E-state index >= 15 is 0 Å². The van der Waals surface area contributed by atoms with Crippen LogP contribution in [-0.4, -0.2) is 46.5 Å². The minimum atomic E-state index is -0.121. The van der Waals surface area contributed by atoms with E-state index in [1.54, 1.807) is 24.3 Å². The predicted octanol–water partition coefficient (Wildman–Crippen LogP) is 4.05. The van der Waals surface area contributed by atoms with Gasteiger partial charge in [-0.25, -0.2) is 9.78 Å². The number of rotatable bonds is 4. The molecule has 31 heavy (non-hydrogen) atoms. The summed E-state index contributed by atoms with van der Waals surface area (Å²) in [7, 11) is 0. The molecule has 1 saturated heterocycles. The average molecular weight is 433 g/mol. The fourth-order valence-electron chi connectivity index (χ4n) is 3.48. The molecule has 2 heterocycles. The van der Waals surface area contributed by atoms with Gasteiger partial charge in [0.2, 0.25) is 5.13 Å². The summed E-state index contributed by atoms with van der Waals surface area (Å²) < 4.78 is 4.54. The first-order chi connectivity index (χ1) is 15.1. The number of amides is 2. The number of hydrogen-bond donors (Lipinski definition) is 1. The number of aryl methyl sites for hydroxylation is 1. The lowest BCUT2D eigenvalue weighted by Crippen LogP contribution is -2.38. The van der Waals surface area contributed by atoms with E-state index in [0.717, 1.165) is 36.9 Å². The Morgan fingerprint density at radius 1 is 1.10 bits per heavy atom. The summed E-state index contributed by atoms with van der Waals surface area (Å²) in [5, 5.41) is 12.7. The van der Waals surface area contributed by atoms with Crippen LogP contribution >= 0.6 is 11.5 Å². The molecule has 1 aromatic heterocycles. The van der Waals surface area contributed by atoms with Crippen molar-refractivity contribution in [2.45, 2.75) is 19.8 Å². The lowest BCUT2D eigenvalue weighted by atomic mass is 10.1. The zero-order valence-electron chi connectivity index (χ0n) is 17.4. The van der Waals surface area contributed by atoms with Crippen LogP contribution in [-0.2, 0) is 6.42 Å². The highest BCUT2D eigenvalue weighted by Crippen LogP contribution is 2.21. The fourth-order valence-corrected chi connectivity index (χ4v) is 4.21. The van der Waals surface area contributed by atoms with E-state index in [0.29, 0.717) is 24.3 Å². The first-order valence-corrected chi connectivity index (χ1v) is 11.1. The van der Waals surface area contributed by atoms with E-state index in [9.17, 15) is 4.79 Å². The van der Waals surface area contributed by atoms with Gasteiger partial charge in [-0.05, 0) is 43.2 Å². The Hall–Kier alpha value is -3.44. The van der Waals surface area contributed by atoms with E-state index in [2.05, 4.69) is 51.8 Å². The van der Waals surface area contributed by atoms with Crippen molar-refractivity contribution in [3.63, 3.8) is 0 Å². The largest absolute Gasteiger partial charge is 0.345 e. The third-order valence-corrected chi connectivity index (χ3v) is 6.07. The van der Waals surface area contributed by atoms with Crippen molar-refractivity contribution in [1.82, 2.24) is 14.3 Å². The van der Waals surface area contributed by atoms with E-state index < -0.39 is 0 Å². The summed E-state index contributed by atoms with van der Waals surface area (Å²) >= 11 is 1.42. The Morgan fingerprint density at radius 2 is 1.87 bits per heavy atom. The van der Waals surface area contributed by atoms with E-state index in [4.69, 9.17) is 10.2 Å². The van der Waals surface area contributed by atoms with Crippen molar-refractivity contribution in [3.8, 4) is 6.07 Å². The third kappa shape index (κ3) is 5.38. The molecule has 1 N–H and O–H groups in total. The number of nitrogens with one attached hydrogen (secondary N) is 1. The monoisotopic (exact) mass is 432 g/mol. The van der Waals surface area contributed by atoms with Gasteiger partial charge in [-0.1, -0.05) is 29.8 Å². The molecular weight excluding hydrogens is 408 g/mol. The molecule has 0 bridgehead atoms. The molecule has 3 aromatic rings. The number of aromatic nitrogens is 2. The molecule has 0 aliphatic carbocycles. The Kier molecular flexibility index (Phi) is 6.43. The smallest absolute Gasteiger partial charge is 0.321 e. The van der Waals surface area contributed by atoms with Crippen LogP contribution in [0.15, 0.2) is 48.5 Å². The van der Waals surface area contributed by atoms with E-state index in [1.807, 2.05) is 4.90 Å². The average Bonchev–Trinajstić information content (AvgIpc) is 3.10. The van der Waals surface area contributed by atoms with Gasteiger partial charge in [-0.15, -0.1) is 0 Å². The highest BCUT2D eigenvalue weighted by molar-refractivity contribution is 7.09. The second-order valence-electron chi connectivity index (χ2n) is 7.60. The zero-order valence-corrected chi connectivity index (χ0v) is 18.2. The first-order valence-electron chi connectivity index (χ1n) is 10.3. The number of nitriles is 1. The number of hydrogen-bond acceptors (Lipinski definition) is 6. The molecule has 0 radical (unpaired) electrons. The second-order valence-corrected chi connectivity index (χ2v) is 8.33. The van der Waals surface area contributed by atoms with E-state index in [1.165, 1.54) is 22.7 Å². The van der Waals surface area contributed by atoms with Gasteiger partial charge >= 0.3 is 6.03 Å².